The number of nitrogens with zero attached hydrogens (tertiary/aromatic N) is 3. The second kappa shape index (κ2) is 11.3. The van der Waals surface area contributed by atoms with E-state index in [1.807, 2.05) is 26.0 Å². The second-order valence-corrected chi connectivity index (χ2v) is 14.8. The maximum Gasteiger partial charge on any atom is 0.338 e. The fourth-order valence-electron chi connectivity index (χ4n) is 8.14. The maximum absolute atomic E-state index is 13.8. The Kier molecular flexibility index (Phi) is 7.72. The number of carbonyl (C=O) groups is 1. The van der Waals surface area contributed by atoms with Crippen LogP contribution in [0.1, 0.15) is 82.8 Å². The quantitative estimate of drug-likeness (QED) is 0.305. The van der Waals surface area contributed by atoms with E-state index in [1.54, 1.807) is 16.0 Å². The summed E-state index contributed by atoms with van der Waals surface area (Å²) in [6.45, 7) is 5.92. The van der Waals surface area contributed by atoms with Crippen LogP contribution in [0.25, 0.3) is 0 Å². The third kappa shape index (κ3) is 5.65. The Morgan fingerprint density at radius 1 is 1.31 bits per heavy atom. The molecule has 12 heteroatoms. The first-order valence-electron chi connectivity index (χ1n) is 15.7. The molecule has 2 fully saturated rings. The standard InChI is InChI=1S/C33H37ClF2N4O4S/c1-18-11-23(29-28(37-18)25(14-45-29)31(42)43)22-12-20(34)3-6-27(22)44-10-9-40-19(2)38-26-5-4-21(13-24(26)30(40)41)39-8-7-32(17-39)15-33(35,36)16-32/h3,6,12,14,18,21,23,37H,4-5,7-11,13,15-17H2,1-2H3,(H,42,43). The highest BCUT2D eigenvalue weighted by Crippen LogP contribution is 2.57. The van der Waals surface area contributed by atoms with Crippen molar-refractivity contribution < 1.29 is 23.4 Å². The topological polar surface area (TPSA) is 96.7 Å². The van der Waals surface area contributed by atoms with Gasteiger partial charge in [0, 0.05) is 63.8 Å². The molecule has 3 atom stereocenters. The average molecular weight is 659 g/mol. The molecule has 2 N–H and O–H groups in total. The van der Waals surface area contributed by atoms with Crippen molar-refractivity contribution in [3.8, 4) is 5.75 Å². The number of aromatic nitrogens is 2. The van der Waals surface area contributed by atoms with Crippen molar-refractivity contribution in [1.29, 1.82) is 0 Å². The zero-order valence-corrected chi connectivity index (χ0v) is 26.9. The van der Waals surface area contributed by atoms with Crippen molar-refractivity contribution in [2.45, 2.75) is 89.3 Å². The third-order valence-electron chi connectivity index (χ3n) is 10.2. The molecule has 7 rings (SSSR count). The number of hydrogen-bond donors (Lipinski definition) is 2. The molecule has 3 aromatic rings. The van der Waals surface area contributed by atoms with Crippen molar-refractivity contribution >= 4 is 34.6 Å². The number of hydrogen-bond acceptors (Lipinski definition) is 7. The van der Waals surface area contributed by atoms with Gasteiger partial charge in [0.25, 0.3) is 5.56 Å². The molecule has 240 valence electrons. The Morgan fingerprint density at radius 3 is 2.87 bits per heavy atom. The molecule has 45 heavy (non-hydrogen) atoms. The molecule has 2 aliphatic carbocycles. The van der Waals surface area contributed by atoms with Gasteiger partial charge < -0.3 is 15.2 Å². The molecule has 8 nitrogen and oxygen atoms in total. The number of likely N-dealkylation sites (tertiary alicyclic amines) is 1. The van der Waals surface area contributed by atoms with Crippen LogP contribution in [0.5, 0.6) is 5.75 Å². The molecule has 4 heterocycles. The molecule has 4 aliphatic rings. The van der Waals surface area contributed by atoms with E-state index < -0.39 is 11.9 Å². The van der Waals surface area contributed by atoms with E-state index in [1.165, 1.54) is 11.3 Å². The van der Waals surface area contributed by atoms with Gasteiger partial charge in [-0.15, -0.1) is 11.3 Å². The van der Waals surface area contributed by atoms with Gasteiger partial charge in [-0.2, -0.15) is 0 Å². The molecular formula is C33H37ClF2N4O4S. The number of carboxylic acids is 1. The first kappa shape index (κ1) is 30.6. The van der Waals surface area contributed by atoms with E-state index in [9.17, 15) is 23.5 Å². The lowest BCUT2D eigenvalue weighted by Gasteiger charge is -2.45. The van der Waals surface area contributed by atoms with E-state index in [-0.39, 0.29) is 54.0 Å². The largest absolute Gasteiger partial charge is 0.491 e. The van der Waals surface area contributed by atoms with Gasteiger partial charge in [-0.3, -0.25) is 14.3 Å². The summed E-state index contributed by atoms with van der Waals surface area (Å²) in [5, 5.41) is 15.3. The molecular weight excluding hydrogens is 622 g/mol. The Balaban J connectivity index is 1.07. The molecule has 1 saturated heterocycles. The summed E-state index contributed by atoms with van der Waals surface area (Å²) in [7, 11) is 0. The number of alkyl halides is 2. The molecule has 1 aromatic carbocycles. The molecule has 0 bridgehead atoms. The number of benzene rings is 1. The number of halogens is 3. The van der Waals surface area contributed by atoms with E-state index >= 15 is 0 Å². The summed E-state index contributed by atoms with van der Waals surface area (Å²) in [5.74, 6) is -2.29. The van der Waals surface area contributed by atoms with Crippen molar-refractivity contribution in [2.75, 3.05) is 25.0 Å². The number of thiophene rings is 1. The van der Waals surface area contributed by atoms with Gasteiger partial charge in [0.1, 0.15) is 18.2 Å². The van der Waals surface area contributed by atoms with Crippen LogP contribution in [-0.2, 0) is 19.4 Å². The highest BCUT2D eigenvalue weighted by molar-refractivity contribution is 7.11. The fraction of sp³-hybridized carbons (Fsp3) is 0.545. The Bertz CT molecular complexity index is 1720. The van der Waals surface area contributed by atoms with E-state index in [0.29, 0.717) is 48.2 Å². The van der Waals surface area contributed by atoms with Crippen molar-refractivity contribution in [3.63, 3.8) is 0 Å². The van der Waals surface area contributed by atoms with Gasteiger partial charge in [0.05, 0.1) is 23.5 Å². The number of aryl methyl sites for hydroxylation is 2. The lowest BCUT2D eigenvalue weighted by molar-refractivity contribution is -0.156. The molecule has 1 saturated carbocycles. The number of aromatic carboxylic acids is 1. The monoisotopic (exact) mass is 658 g/mol. The van der Waals surface area contributed by atoms with Gasteiger partial charge in [-0.1, -0.05) is 11.6 Å². The summed E-state index contributed by atoms with van der Waals surface area (Å²) >= 11 is 7.86. The minimum Gasteiger partial charge on any atom is -0.491 e. The Morgan fingerprint density at radius 2 is 2.11 bits per heavy atom. The summed E-state index contributed by atoms with van der Waals surface area (Å²) in [6, 6.07) is 5.71. The highest BCUT2D eigenvalue weighted by Gasteiger charge is 2.59. The normalized spacial score (nSPS) is 24.9. The number of rotatable bonds is 7. The lowest BCUT2D eigenvalue weighted by atomic mass is 9.65. The molecule has 0 amide bonds. The minimum absolute atomic E-state index is 0.0166. The van der Waals surface area contributed by atoms with Gasteiger partial charge in [0.2, 0.25) is 5.92 Å². The van der Waals surface area contributed by atoms with E-state index in [4.69, 9.17) is 21.3 Å². The van der Waals surface area contributed by atoms with Gasteiger partial charge in [-0.05, 0) is 76.1 Å². The van der Waals surface area contributed by atoms with Crippen molar-refractivity contribution in [2.24, 2.45) is 5.41 Å². The van der Waals surface area contributed by atoms with Crippen molar-refractivity contribution in [1.82, 2.24) is 14.5 Å². The Hall–Kier alpha value is -3.02. The third-order valence-corrected chi connectivity index (χ3v) is 11.5. The van der Waals surface area contributed by atoms with Crippen LogP contribution in [0.15, 0.2) is 28.4 Å². The molecule has 1 spiro atoms. The number of ether oxygens (including phenoxy) is 1. The van der Waals surface area contributed by atoms with Gasteiger partial charge in [0.15, 0.2) is 0 Å². The minimum atomic E-state index is -2.53. The molecule has 2 aliphatic heterocycles. The lowest BCUT2D eigenvalue weighted by Crippen LogP contribution is -2.49. The predicted octanol–water partition coefficient (Wildman–Crippen LogP) is 6.36. The van der Waals surface area contributed by atoms with Crippen molar-refractivity contribution in [3.05, 3.63) is 72.0 Å². The predicted molar refractivity (Wildman–Crippen MR) is 170 cm³/mol. The molecule has 3 unspecified atom stereocenters. The van der Waals surface area contributed by atoms with Crippen LogP contribution in [0.3, 0.4) is 0 Å². The zero-order valence-electron chi connectivity index (χ0n) is 25.4. The van der Waals surface area contributed by atoms with Crippen LogP contribution in [0, 0.1) is 12.3 Å². The van der Waals surface area contributed by atoms with Crippen LogP contribution < -0.4 is 15.6 Å². The first-order chi connectivity index (χ1) is 21.4. The number of anilines is 1. The summed E-state index contributed by atoms with van der Waals surface area (Å²) in [6.07, 6.45) is 3.70. The summed E-state index contributed by atoms with van der Waals surface area (Å²) in [5.41, 5.74) is 3.07. The molecule has 2 aromatic heterocycles. The van der Waals surface area contributed by atoms with Crippen LogP contribution in [-0.4, -0.2) is 63.2 Å². The van der Waals surface area contributed by atoms with Crippen LogP contribution in [0.2, 0.25) is 5.02 Å². The Labute approximate surface area is 269 Å². The molecule has 0 radical (unpaired) electrons. The van der Waals surface area contributed by atoms with Crippen LogP contribution >= 0.6 is 22.9 Å². The summed E-state index contributed by atoms with van der Waals surface area (Å²) < 4.78 is 35.3. The first-order valence-corrected chi connectivity index (χ1v) is 16.9. The summed E-state index contributed by atoms with van der Waals surface area (Å²) in [4.78, 5) is 33.7. The average Bonchev–Trinajstić information content (AvgIpc) is 3.59. The highest BCUT2D eigenvalue weighted by atomic mass is 35.5. The van der Waals surface area contributed by atoms with E-state index in [2.05, 4.69) is 10.2 Å². The second-order valence-electron chi connectivity index (χ2n) is 13.4. The zero-order chi connectivity index (χ0) is 31.7. The fourth-order valence-corrected chi connectivity index (χ4v) is 9.46. The SMILES string of the molecule is Cc1nc2c(c(=O)n1CCOc1ccc(Cl)cc1C1CC(C)Nc3c(C(=O)O)csc31)CC(N1CCC3(C1)CC(F)(F)C3)CC2. The van der Waals surface area contributed by atoms with Crippen LogP contribution in [0.4, 0.5) is 14.5 Å². The maximum atomic E-state index is 13.8. The number of carboxylic acid groups (broad SMARTS) is 1. The van der Waals surface area contributed by atoms with Gasteiger partial charge in [-0.25, -0.2) is 18.6 Å². The smallest absolute Gasteiger partial charge is 0.338 e. The number of nitrogens with one attached hydrogen (secondary N) is 1. The van der Waals surface area contributed by atoms with Gasteiger partial charge >= 0.3 is 5.97 Å². The van der Waals surface area contributed by atoms with E-state index in [0.717, 1.165) is 47.5 Å². The number of fused-ring (bicyclic) bond motifs is 2.